The summed E-state index contributed by atoms with van der Waals surface area (Å²) in [5, 5.41) is 11.4. The Labute approximate surface area is 111 Å². The van der Waals surface area contributed by atoms with Gasteiger partial charge in [-0.3, -0.25) is 0 Å². The normalized spacial score (nSPS) is 12.0. The van der Waals surface area contributed by atoms with Gasteiger partial charge in [-0.25, -0.2) is 9.67 Å². The Morgan fingerprint density at radius 2 is 2.22 bits per heavy atom. The molecule has 0 amide bonds. The van der Waals surface area contributed by atoms with Gasteiger partial charge in [-0.2, -0.15) is 0 Å². The number of nitrogens with zero attached hydrogens (tertiary/aromatic N) is 4. The van der Waals surface area contributed by atoms with Crippen LogP contribution in [0.5, 0.6) is 0 Å². The molecular weight excluding hydrogens is 246 g/mol. The van der Waals surface area contributed by atoms with Crippen molar-refractivity contribution in [1.82, 2.24) is 20.0 Å². The molecule has 0 spiro atoms. The summed E-state index contributed by atoms with van der Waals surface area (Å²) >= 11 is 1.71. The first-order valence-corrected chi connectivity index (χ1v) is 6.99. The van der Waals surface area contributed by atoms with Crippen molar-refractivity contribution >= 4 is 11.3 Å². The van der Waals surface area contributed by atoms with E-state index in [1.54, 1.807) is 16.0 Å². The number of aromatic nitrogens is 4. The number of rotatable bonds is 5. The molecule has 2 aromatic rings. The highest BCUT2D eigenvalue weighted by atomic mass is 32.1. The van der Waals surface area contributed by atoms with Crippen LogP contribution in [-0.4, -0.2) is 20.0 Å². The molecular formula is C12H19N5S. The average Bonchev–Trinajstić information content (AvgIpc) is 2.88. The maximum absolute atomic E-state index is 5.98. The summed E-state index contributed by atoms with van der Waals surface area (Å²) in [6, 6.07) is 0. The third kappa shape index (κ3) is 3.14. The quantitative estimate of drug-likeness (QED) is 0.896. The zero-order chi connectivity index (χ0) is 13.2. The third-order valence-corrected chi connectivity index (χ3v) is 3.54. The fourth-order valence-electron chi connectivity index (χ4n) is 1.59. The molecule has 0 saturated carbocycles. The van der Waals surface area contributed by atoms with Crippen molar-refractivity contribution in [2.24, 2.45) is 5.73 Å². The maximum atomic E-state index is 5.98. The summed E-state index contributed by atoms with van der Waals surface area (Å²) in [6.45, 7) is 6.66. The van der Waals surface area contributed by atoms with Crippen LogP contribution >= 0.6 is 11.3 Å². The predicted molar refractivity (Wildman–Crippen MR) is 72.4 cm³/mol. The average molecular weight is 265 g/mol. The summed E-state index contributed by atoms with van der Waals surface area (Å²) < 4.78 is 1.79. The van der Waals surface area contributed by atoms with Gasteiger partial charge < -0.3 is 5.73 Å². The van der Waals surface area contributed by atoms with Crippen LogP contribution in [0, 0.1) is 0 Å². The summed E-state index contributed by atoms with van der Waals surface area (Å²) in [5.74, 6) is 0. The first-order chi connectivity index (χ1) is 8.49. The molecule has 0 atom stereocenters. The molecule has 0 saturated heterocycles. The van der Waals surface area contributed by atoms with Crippen LogP contribution in [0.4, 0.5) is 0 Å². The molecule has 2 heterocycles. The topological polar surface area (TPSA) is 69.6 Å². The minimum atomic E-state index is -0.451. The molecule has 0 aliphatic carbocycles. The Bertz CT molecular complexity index is 509. The molecule has 0 aliphatic heterocycles. The molecule has 2 aromatic heterocycles. The van der Waals surface area contributed by atoms with Crippen LogP contribution in [0.25, 0.3) is 0 Å². The molecule has 0 fully saturated rings. The summed E-state index contributed by atoms with van der Waals surface area (Å²) in [6.07, 6.45) is 4.06. The van der Waals surface area contributed by atoms with Crippen molar-refractivity contribution < 1.29 is 0 Å². The van der Waals surface area contributed by atoms with E-state index in [1.165, 1.54) is 5.01 Å². The summed E-state index contributed by atoms with van der Waals surface area (Å²) in [5.41, 5.74) is 7.36. The van der Waals surface area contributed by atoms with Crippen LogP contribution in [-0.2, 0) is 18.5 Å². The Balaban J connectivity index is 2.06. The molecule has 18 heavy (non-hydrogen) atoms. The minimum absolute atomic E-state index is 0.451. The number of hydrogen-bond acceptors (Lipinski definition) is 5. The van der Waals surface area contributed by atoms with Crippen molar-refractivity contribution in [2.45, 2.75) is 45.7 Å². The third-order valence-electron chi connectivity index (χ3n) is 2.59. The lowest BCUT2D eigenvalue weighted by atomic mass is 10.0. The van der Waals surface area contributed by atoms with E-state index >= 15 is 0 Å². The smallest absolute Gasteiger partial charge is 0.102 e. The van der Waals surface area contributed by atoms with Crippen molar-refractivity contribution in [3.05, 3.63) is 28.0 Å². The molecule has 0 unspecified atom stereocenters. The number of nitrogens with two attached hydrogens (primary N) is 1. The number of thiazole rings is 1. The Morgan fingerprint density at radius 1 is 1.44 bits per heavy atom. The van der Waals surface area contributed by atoms with E-state index < -0.39 is 5.54 Å². The molecule has 0 aliphatic rings. The number of hydrogen-bond donors (Lipinski definition) is 1. The van der Waals surface area contributed by atoms with E-state index in [-0.39, 0.29) is 0 Å². The van der Waals surface area contributed by atoms with Gasteiger partial charge in [0.2, 0.25) is 0 Å². The van der Waals surface area contributed by atoms with Crippen LogP contribution in [0.1, 0.15) is 43.6 Å². The molecule has 5 nitrogen and oxygen atoms in total. The van der Waals surface area contributed by atoms with Crippen molar-refractivity contribution in [2.75, 3.05) is 0 Å². The van der Waals surface area contributed by atoms with E-state index in [0.717, 1.165) is 24.2 Å². The van der Waals surface area contributed by atoms with Gasteiger partial charge >= 0.3 is 0 Å². The second-order valence-corrected chi connectivity index (χ2v) is 5.95. The van der Waals surface area contributed by atoms with Gasteiger partial charge in [0.05, 0.1) is 29.0 Å². The predicted octanol–water partition coefficient (Wildman–Crippen LogP) is 1.93. The standard InChI is InChI=1S/C12H19N5S/c1-4-5-11-14-9(8-18-11)6-17-7-10(15-16-17)12(2,3)13/h7-8H,4-6,13H2,1-3H3. The summed E-state index contributed by atoms with van der Waals surface area (Å²) in [7, 11) is 0. The van der Waals surface area contributed by atoms with Crippen LogP contribution < -0.4 is 5.73 Å². The first kappa shape index (κ1) is 13.2. The van der Waals surface area contributed by atoms with E-state index in [2.05, 4.69) is 27.6 Å². The second kappa shape index (κ2) is 5.16. The lowest BCUT2D eigenvalue weighted by Gasteiger charge is -2.13. The molecule has 98 valence electrons. The SMILES string of the molecule is CCCc1nc(Cn2cc(C(C)(C)N)nn2)cs1. The zero-order valence-electron chi connectivity index (χ0n) is 11.1. The van der Waals surface area contributed by atoms with Crippen LogP contribution in [0.15, 0.2) is 11.6 Å². The Hall–Kier alpha value is -1.27. The van der Waals surface area contributed by atoms with Crippen molar-refractivity contribution in [3.63, 3.8) is 0 Å². The van der Waals surface area contributed by atoms with Gasteiger partial charge in [0.15, 0.2) is 0 Å². The molecule has 6 heteroatoms. The van der Waals surface area contributed by atoms with E-state index in [0.29, 0.717) is 6.54 Å². The van der Waals surface area contributed by atoms with Gasteiger partial charge in [0, 0.05) is 5.38 Å². The molecule has 2 N–H and O–H groups in total. The zero-order valence-corrected chi connectivity index (χ0v) is 11.9. The van der Waals surface area contributed by atoms with Gasteiger partial charge in [-0.05, 0) is 26.7 Å². The maximum Gasteiger partial charge on any atom is 0.102 e. The van der Waals surface area contributed by atoms with E-state index in [4.69, 9.17) is 5.73 Å². The van der Waals surface area contributed by atoms with Gasteiger partial charge in [-0.1, -0.05) is 12.1 Å². The Morgan fingerprint density at radius 3 is 2.83 bits per heavy atom. The molecule has 0 aromatic carbocycles. The van der Waals surface area contributed by atoms with Crippen LogP contribution in [0.2, 0.25) is 0 Å². The van der Waals surface area contributed by atoms with Gasteiger partial charge in [0.25, 0.3) is 0 Å². The van der Waals surface area contributed by atoms with Crippen LogP contribution in [0.3, 0.4) is 0 Å². The van der Waals surface area contributed by atoms with Gasteiger partial charge in [-0.15, -0.1) is 16.4 Å². The lowest BCUT2D eigenvalue weighted by Crippen LogP contribution is -2.29. The van der Waals surface area contributed by atoms with E-state index in [9.17, 15) is 0 Å². The highest BCUT2D eigenvalue weighted by molar-refractivity contribution is 7.09. The molecule has 2 rings (SSSR count). The van der Waals surface area contributed by atoms with E-state index in [1.807, 2.05) is 20.0 Å². The fourth-order valence-corrected chi connectivity index (χ4v) is 2.48. The summed E-state index contributed by atoms with van der Waals surface area (Å²) in [4.78, 5) is 4.57. The van der Waals surface area contributed by atoms with Crippen molar-refractivity contribution in [1.29, 1.82) is 0 Å². The highest BCUT2D eigenvalue weighted by Gasteiger charge is 2.18. The monoisotopic (exact) mass is 265 g/mol. The van der Waals surface area contributed by atoms with Gasteiger partial charge in [0.1, 0.15) is 5.69 Å². The van der Waals surface area contributed by atoms with Crippen molar-refractivity contribution in [3.8, 4) is 0 Å². The number of aryl methyl sites for hydroxylation is 1. The molecule has 0 bridgehead atoms. The fraction of sp³-hybridized carbons (Fsp3) is 0.583. The largest absolute Gasteiger partial charge is 0.320 e. The lowest BCUT2D eigenvalue weighted by molar-refractivity contribution is 0.533. The first-order valence-electron chi connectivity index (χ1n) is 6.12. The second-order valence-electron chi connectivity index (χ2n) is 5.01. The Kier molecular flexibility index (Phi) is 3.77. The highest BCUT2D eigenvalue weighted by Crippen LogP contribution is 2.15. The molecule has 0 radical (unpaired) electrons. The minimum Gasteiger partial charge on any atom is -0.320 e.